The van der Waals surface area contributed by atoms with Crippen LogP contribution in [0.3, 0.4) is 0 Å². The molecule has 12 heteroatoms. The summed E-state index contributed by atoms with van der Waals surface area (Å²) in [5.74, 6) is -0.0949. The van der Waals surface area contributed by atoms with Crippen molar-refractivity contribution in [1.82, 2.24) is 26.6 Å². The Balaban J connectivity index is 1.82. The second-order valence-electron chi connectivity index (χ2n) is 13.2. The molecule has 0 aliphatic carbocycles. The predicted octanol–water partition coefficient (Wildman–Crippen LogP) is 4.57. The van der Waals surface area contributed by atoms with E-state index in [9.17, 15) is 24.0 Å². The third-order valence-electron chi connectivity index (χ3n) is 8.89. The van der Waals surface area contributed by atoms with Gasteiger partial charge in [-0.05, 0) is 57.8 Å². The van der Waals surface area contributed by atoms with Crippen LogP contribution in [-0.2, 0) is 24.0 Å². The highest BCUT2D eigenvalue weighted by Gasteiger charge is 2.35. The second kappa shape index (κ2) is 28.9. The average molecular weight is 675 g/mol. The first kappa shape index (κ1) is 43.0. The van der Waals surface area contributed by atoms with Gasteiger partial charge in [0.15, 0.2) is 0 Å². The molecule has 1 fully saturated rings. The summed E-state index contributed by atoms with van der Waals surface area (Å²) >= 11 is 0. The van der Waals surface area contributed by atoms with Gasteiger partial charge in [0, 0.05) is 51.9 Å². The molecule has 1 aliphatic heterocycles. The van der Waals surface area contributed by atoms with Crippen molar-refractivity contribution in [3.05, 3.63) is 11.4 Å². The van der Waals surface area contributed by atoms with E-state index in [1.54, 1.807) is 4.90 Å². The van der Waals surface area contributed by atoms with Crippen LogP contribution in [0.25, 0.3) is 4.85 Å². The van der Waals surface area contributed by atoms with Crippen LogP contribution in [0, 0.1) is 6.57 Å². The molecule has 1 unspecified atom stereocenters. The monoisotopic (exact) mass is 674 g/mol. The molecule has 1 rings (SSSR count). The molecule has 0 bridgehead atoms. The van der Waals surface area contributed by atoms with Crippen molar-refractivity contribution in [3.8, 4) is 0 Å². The normalized spacial score (nSPS) is 15.4. The number of carbonyl (C=O) groups is 5. The zero-order chi connectivity index (χ0) is 35.2. The highest BCUT2D eigenvalue weighted by molar-refractivity contribution is 5.83. The SMILES string of the molecule is [C-]#[N+][C@@H]1CCCN1C(=O)C(N)CCC(=O)NCCCCCCCCCC(=O)NCCCCCCCCCC(=O)NCCCC[C@H]([NH])C=O. The minimum atomic E-state index is -0.737. The third kappa shape index (κ3) is 22.5. The molecule has 0 aromatic heterocycles. The molecule has 1 aliphatic rings. The number of amides is 4. The predicted molar refractivity (Wildman–Crippen MR) is 188 cm³/mol. The van der Waals surface area contributed by atoms with Crippen molar-refractivity contribution < 1.29 is 24.0 Å². The van der Waals surface area contributed by atoms with E-state index in [2.05, 4.69) is 20.8 Å². The lowest BCUT2D eigenvalue weighted by Gasteiger charge is -2.20. The number of unbranched alkanes of at least 4 members (excludes halogenated alkanes) is 13. The van der Waals surface area contributed by atoms with E-state index in [0.29, 0.717) is 58.0 Å². The molecule has 3 atom stereocenters. The third-order valence-corrected chi connectivity index (χ3v) is 8.89. The Morgan fingerprint density at radius 3 is 1.62 bits per heavy atom. The number of likely N-dealkylation sites (tertiary alicyclic amines) is 1. The van der Waals surface area contributed by atoms with E-state index in [4.69, 9.17) is 18.0 Å². The number of nitrogens with one attached hydrogen (secondary N) is 4. The minimum absolute atomic E-state index is 0.0833. The molecule has 48 heavy (non-hydrogen) atoms. The Hall–Kier alpha value is -3.04. The Morgan fingerprint density at radius 2 is 1.15 bits per heavy atom. The summed E-state index contributed by atoms with van der Waals surface area (Å²) in [6, 6.07) is -1.38. The van der Waals surface area contributed by atoms with Crippen molar-refractivity contribution in [2.24, 2.45) is 5.73 Å². The number of rotatable bonds is 30. The largest absolute Gasteiger partial charge is 0.356 e. The summed E-state index contributed by atoms with van der Waals surface area (Å²) in [5.41, 5.74) is 13.3. The van der Waals surface area contributed by atoms with Gasteiger partial charge in [0.25, 0.3) is 0 Å². The molecule has 6 N–H and O–H groups in total. The van der Waals surface area contributed by atoms with E-state index in [1.807, 2.05) is 0 Å². The lowest BCUT2D eigenvalue weighted by Crippen LogP contribution is -2.45. The van der Waals surface area contributed by atoms with Crippen LogP contribution < -0.4 is 27.4 Å². The molecule has 0 aromatic rings. The molecule has 0 saturated carbocycles. The zero-order valence-electron chi connectivity index (χ0n) is 29.4. The van der Waals surface area contributed by atoms with Crippen LogP contribution >= 0.6 is 0 Å². The Bertz CT molecular complexity index is 958. The van der Waals surface area contributed by atoms with E-state index in [-0.39, 0.29) is 30.0 Å². The molecule has 12 nitrogen and oxygen atoms in total. The van der Waals surface area contributed by atoms with Crippen LogP contribution in [0.15, 0.2) is 0 Å². The molecule has 0 aromatic carbocycles. The highest BCUT2D eigenvalue weighted by Crippen LogP contribution is 2.19. The summed E-state index contributed by atoms with van der Waals surface area (Å²) < 4.78 is 0. The first-order valence-electron chi connectivity index (χ1n) is 18.7. The Labute approximate surface area is 289 Å². The minimum Gasteiger partial charge on any atom is -0.356 e. The van der Waals surface area contributed by atoms with E-state index in [1.165, 1.54) is 0 Å². The lowest BCUT2D eigenvalue weighted by molar-refractivity contribution is -0.133. The molecular weight excluding hydrogens is 610 g/mol. The van der Waals surface area contributed by atoms with Crippen LogP contribution in [0.5, 0.6) is 0 Å². The number of hydrogen-bond donors (Lipinski definition) is 4. The van der Waals surface area contributed by atoms with E-state index in [0.717, 1.165) is 116 Å². The number of carbonyl (C=O) groups excluding carboxylic acids is 5. The Morgan fingerprint density at radius 1 is 0.708 bits per heavy atom. The summed E-state index contributed by atoms with van der Waals surface area (Å²) in [7, 11) is 0. The standard InChI is InChI=1S/C36H64N7O5/c1-39-32-20-18-28-43(32)36(48)31(38)23-24-35(47)42-26-16-11-7-3-5-8-12-21-33(45)40-25-15-10-6-2-4-9-13-22-34(46)41-27-17-14-19-30(37)29-44/h29-32,37H,2-28,38H2,(H,40,45)(H,41,46)(H,42,47)/t30-,31?,32-/m0/s1. The number of nitrogens with zero attached hydrogens (tertiary/aromatic N) is 2. The number of aldehydes is 1. The molecule has 273 valence electrons. The molecule has 1 heterocycles. The highest BCUT2D eigenvalue weighted by atomic mass is 16.2. The van der Waals surface area contributed by atoms with Gasteiger partial charge in [0.2, 0.25) is 23.6 Å². The molecule has 1 saturated heterocycles. The van der Waals surface area contributed by atoms with Gasteiger partial charge >= 0.3 is 6.17 Å². The summed E-state index contributed by atoms with van der Waals surface area (Å²) in [5, 5.41) is 8.85. The van der Waals surface area contributed by atoms with Gasteiger partial charge in [-0.3, -0.25) is 28.9 Å². The van der Waals surface area contributed by atoms with Crippen molar-refractivity contribution >= 4 is 29.9 Å². The quantitative estimate of drug-likeness (QED) is 0.0492. The van der Waals surface area contributed by atoms with Crippen molar-refractivity contribution in [2.75, 3.05) is 26.2 Å². The fourth-order valence-electron chi connectivity index (χ4n) is 5.86. The van der Waals surface area contributed by atoms with Crippen LogP contribution in [0.2, 0.25) is 0 Å². The average Bonchev–Trinajstić information content (AvgIpc) is 3.57. The van der Waals surface area contributed by atoms with Gasteiger partial charge in [0.05, 0.1) is 12.1 Å². The summed E-state index contributed by atoms with van der Waals surface area (Å²) in [6.07, 6.45) is 20.3. The summed E-state index contributed by atoms with van der Waals surface area (Å²) in [4.78, 5) is 63.9. The molecule has 4 amide bonds. The van der Waals surface area contributed by atoms with E-state index >= 15 is 0 Å². The topological polar surface area (TPSA) is 179 Å². The van der Waals surface area contributed by atoms with Crippen LogP contribution in [0.4, 0.5) is 0 Å². The Kier molecular flexibility index (Phi) is 25.9. The van der Waals surface area contributed by atoms with Gasteiger partial charge in [-0.2, -0.15) is 0 Å². The van der Waals surface area contributed by atoms with Gasteiger partial charge in [-0.15, -0.1) is 0 Å². The van der Waals surface area contributed by atoms with Gasteiger partial charge in [-0.25, -0.2) is 12.3 Å². The first-order valence-corrected chi connectivity index (χ1v) is 18.7. The van der Waals surface area contributed by atoms with Crippen LogP contribution in [0.1, 0.15) is 148 Å². The number of nitrogens with two attached hydrogens (primary N) is 1. The van der Waals surface area contributed by atoms with Crippen molar-refractivity contribution in [2.45, 2.75) is 166 Å². The molecule has 0 spiro atoms. The maximum absolute atomic E-state index is 12.4. The number of hydrogen-bond acceptors (Lipinski definition) is 6. The zero-order valence-corrected chi connectivity index (χ0v) is 29.4. The van der Waals surface area contributed by atoms with Crippen molar-refractivity contribution in [1.29, 1.82) is 0 Å². The van der Waals surface area contributed by atoms with Gasteiger partial charge < -0.3 is 26.5 Å². The maximum atomic E-state index is 12.4. The van der Waals surface area contributed by atoms with Crippen molar-refractivity contribution in [3.63, 3.8) is 0 Å². The summed E-state index contributed by atoms with van der Waals surface area (Å²) in [6.45, 7) is 9.74. The second-order valence-corrected chi connectivity index (χ2v) is 13.2. The maximum Gasteiger partial charge on any atom is 0.300 e. The van der Waals surface area contributed by atoms with Gasteiger partial charge in [0.1, 0.15) is 6.29 Å². The fourth-order valence-corrected chi connectivity index (χ4v) is 5.86. The fraction of sp³-hybridized carbons (Fsp3) is 0.833. The molecular formula is C36H64N7O5. The smallest absolute Gasteiger partial charge is 0.300 e. The molecule has 1 radical (unpaired) electrons. The van der Waals surface area contributed by atoms with E-state index < -0.39 is 18.2 Å². The first-order chi connectivity index (χ1) is 23.3. The van der Waals surface area contributed by atoms with Crippen LogP contribution in [-0.4, -0.2) is 79.2 Å². The lowest BCUT2D eigenvalue weighted by atomic mass is 10.1. The van der Waals surface area contributed by atoms with Gasteiger partial charge in [-0.1, -0.05) is 64.2 Å².